The quantitative estimate of drug-likeness (QED) is 0.483. The fourth-order valence-electron chi connectivity index (χ4n) is 2.36. The van der Waals surface area contributed by atoms with Crippen molar-refractivity contribution in [2.75, 3.05) is 19.0 Å². The Kier molecular flexibility index (Phi) is 9.04. The first-order chi connectivity index (χ1) is 12.5. The lowest BCUT2D eigenvalue weighted by Crippen LogP contribution is -2.37. The summed E-state index contributed by atoms with van der Waals surface area (Å²) in [5.74, 6) is 0.408. The van der Waals surface area contributed by atoms with Crippen molar-refractivity contribution in [3.8, 4) is 5.88 Å². The molecule has 8 heteroatoms. The van der Waals surface area contributed by atoms with Crippen LogP contribution in [0.3, 0.4) is 0 Å². The van der Waals surface area contributed by atoms with E-state index < -0.39 is 11.0 Å². The number of hydrogen-bond donors (Lipinski definition) is 2. The molecule has 2 aromatic rings. The molecule has 0 saturated carbocycles. The molecular formula is C18H23Br2N3O2S. The van der Waals surface area contributed by atoms with Gasteiger partial charge < -0.3 is 10.1 Å². The van der Waals surface area contributed by atoms with Crippen molar-refractivity contribution in [3.63, 3.8) is 0 Å². The lowest BCUT2D eigenvalue weighted by Gasteiger charge is -2.19. The average Bonchev–Trinajstić information content (AvgIpc) is 2.64. The maximum Gasteiger partial charge on any atom is 0.228 e. The van der Waals surface area contributed by atoms with Gasteiger partial charge in [-0.2, -0.15) is 0 Å². The third-order valence-electron chi connectivity index (χ3n) is 3.74. The second-order valence-corrected chi connectivity index (χ2v) is 8.61. The molecule has 0 fully saturated rings. The summed E-state index contributed by atoms with van der Waals surface area (Å²) < 4.78 is 22.6. The first-order valence-corrected chi connectivity index (χ1v) is 11.2. The molecule has 0 bridgehead atoms. The number of aromatic nitrogens is 1. The summed E-state index contributed by atoms with van der Waals surface area (Å²) >= 11 is 6.81. The number of nitrogens with zero attached hydrogens (tertiary/aromatic N) is 1. The molecule has 0 saturated heterocycles. The number of hydrogen-bond acceptors (Lipinski definition) is 4. The molecule has 142 valence electrons. The predicted molar refractivity (Wildman–Crippen MR) is 114 cm³/mol. The lowest BCUT2D eigenvalue weighted by molar-refractivity contribution is 0.391. The average molecular weight is 505 g/mol. The molecule has 2 N–H and O–H groups in total. The van der Waals surface area contributed by atoms with Crippen LogP contribution in [0.2, 0.25) is 0 Å². The molecule has 2 atom stereocenters. The highest BCUT2D eigenvalue weighted by Gasteiger charge is 2.18. The molecule has 0 aliphatic heterocycles. The Balaban J connectivity index is 2.08. The molecule has 0 aliphatic rings. The number of rotatable bonds is 10. The van der Waals surface area contributed by atoms with Crippen LogP contribution in [0.5, 0.6) is 5.88 Å². The Hall–Kier alpha value is -0.960. The van der Waals surface area contributed by atoms with Crippen LogP contribution >= 0.6 is 31.9 Å². The zero-order valence-electron chi connectivity index (χ0n) is 14.8. The number of benzene rings is 1. The van der Waals surface area contributed by atoms with E-state index in [1.807, 2.05) is 30.3 Å². The summed E-state index contributed by atoms with van der Waals surface area (Å²) in [6, 6.07) is 11.9. The van der Waals surface area contributed by atoms with Gasteiger partial charge in [-0.3, -0.25) is 0 Å². The Labute approximate surface area is 174 Å². The SMILES string of the molecule is CCCCC(CNc1ccccc1)NS(=O)c1nc(OC)c(Br)cc1Br. The summed E-state index contributed by atoms with van der Waals surface area (Å²) in [5, 5.41) is 3.82. The van der Waals surface area contributed by atoms with Crippen molar-refractivity contribution < 1.29 is 8.95 Å². The Morgan fingerprint density at radius 3 is 2.62 bits per heavy atom. The van der Waals surface area contributed by atoms with Crippen molar-refractivity contribution in [2.45, 2.75) is 37.3 Å². The third-order valence-corrected chi connectivity index (χ3v) is 6.39. The molecule has 1 aromatic carbocycles. The van der Waals surface area contributed by atoms with Crippen LogP contribution in [-0.4, -0.2) is 28.9 Å². The zero-order chi connectivity index (χ0) is 18.9. The smallest absolute Gasteiger partial charge is 0.228 e. The highest BCUT2D eigenvalue weighted by molar-refractivity contribution is 9.11. The first kappa shape index (κ1) is 21.3. The number of unbranched alkanes of at least 4 members (excludes halogenated alkanes) is 1. The van der Waals surface area contributed by atoms with Gasteiger partial charge in [0.25, 0.3) is 0 Å². The van der Waals surface area contributed by atoms with Gasteiger partial charge in [-0.05, 0) is 56.5 Å². The van der Waals surface area contributed by atoms with Crippen molar-refractivity contribution in [1.82, 2.24) is 9.71 Å². The van der Waals surface area contributed by atoms with Crippen LogP contribution in [0.15, 0.2) is 50.4 Å². The fraction of sp³-hybridized carbons (Fsp3) is 0.389. The topological polar surface area (TPSA) is 63.2 Å². The zero-order valence-corrected chi connectivity index (χ0v) is 18.8. The number of para-hydroxylation sites is 1. The van der Waals surface area contributed by atoms with Gasteiger partial charge >= 0.3 is 0 Å². The van der Waals surface area contributed by atoms with Gasteiger partial charge in [0.15, 0.2) is 5.03 Å². The Morgan fingerprint density at radius 2 is 1.96 bits per heavy atom. The molecule has 0 amide bonds. The van der Waals surface area contributed by atoms with Crippen LogP contribution < -0.4 is 14.8 Å². The van der Waals surface area contributed by atoms with E-state index in [0.717, 1.165) is 24.9 Å². The Morgan fingerprint density at radius 1 is 1.23 bits per heavy atom. The summed E-state index contributed by atoms with van der Waals surface area (Å²) in [4.78, 5) is 4.34. The monoisotopic (exact) mass is 503 g/mol. The van der Waals surface area contributed by atoms with Crippen molar-refractivity contribution in [3.05, 3.63) is 45.3 Å². The summed E-state index contributed by atoms with van der Waals surface area (Å²) in [5.41, 5.74) is 1.05. The van der Waals surface area contributed by atoms with Crippen LogP contribution in [0.4, 0.5) is 5.69 Å². The number of nitrogens with one attached hydrogen (secondary N) is 2. The van der Waals surface area contributed by atoms with E-state index >= 15 is 0 Å². The predicted octanol–water partition coefficient (Wildman–Crippen LogP) is 4.90. The summed E-state index contributed by atoms with van der Waals surface area (Å²) in [6.07, 6.45) is 3.07. The van der Waals surface area contributed by atoms with Gasteiger partial charge in [-0.25, -0.2) is 13.9 Å². The normalized spacial score (nSPS) is 13.2. The molecule has 2 rings (SSSR count). The molecule has 26 heavy (non-hydrogen) atoms. The highest BCUT2D eigenvalue weighted by atomic mass is 79.9. The molecule has 2 unspecified atom stereocenters. The van der Waals surface area contributed by atoms with Crippen molar-refractivity contribution >= 4 is 48.5 Å². The minimum Gasteiger partial charge on any atom is -0.480 e. The molecule has 1 heterocycles. The molecule has 0 radical (unpaired) electrons. The third kappa shape index (κ3) is 6.33. The van der Waals surface area contributed by atoms with Gasteiger partial charge in [0, 0.05) is 18.3 Å². The Bertz CT molecular complexity index is 732. The number of halogens is 2. The van der Waals surface area contributed by atoms with E-state index in [1.54, 1.807) is 6.07 Å². The van der Waals surface area contributed by atoms with Gasteiger partial charge in [-0.15, -0.1) is 0 Å². The summed E-state index contributed by atoms with van der Waals surface area (Å²) in [6.45, 7) is 2.83. The second-order valence-electron chi connectivity index (χ2n) is 5.74. The van der Waals surface area contributed by atoms with Gasteiger partial charge in [-0.1, -0.05) is 38.0 Å². The molecule has 0 spiro atoms. The summed E-state index contributed by atoms with van der Waals surface area (Å²) in [7, 11) is 0.0813. The minimum atomic E-state index is -1.46. The molecular weight excluding hydrogens is 482 g/mol. The maximum atomic E-state index is 12.8. The van der Waals surface area contributed by atoms with E-state index in [-0.39, 0.29) is 6.04 Å². The van der Waals surface area contributed by atoms with Gasteiger partial charge in [0.05, 0.1) is 16.1 Å². The van der Waals surface area contributed by atoms with Crippen LogP contribution in [0.25, 0.3) is 0 Å². The number of anilines is 1. The van der Waals surface area contributed by atoms with E-state index in [4.69, 9.17) is 4.74 Å². The highest BCUT2D eigenvalue weighted by Crippen LogP contribution is 2.29. The van der Waals surface area contributed by atoms with Crippen molar-refractivity contribution in [1.29, 1.82) is 0 Å². The van der Waals surface area contributed by atoms with E-state index in [1.165, 1.54) is 7.11 Å². The maximum absolute atomic E-state index is 12.8. The standard InChI is InChI=1S/C18H23Br2N3O2S/c1-3-4-8-14(12-21-13-9-6-5-7-10-13)23-26(24)18-16(20)11-15(19)17(22-18)25-2/h5-7,9-11,14,21,23H,3-4,8,12H2,1-2H3. The van der Waals surface area contributed by atoms with Crippen LogP contribution in [0, 0.1) is 0 Å². The van der Waals surface area contributed by atoms with Crippen LogP contribution in [0.1, 0.15) is 26.2 Å². The molecule has 5 nitrogen and oxygen atoms in total. The van der Waals surface area contributed by atoms with E-state index in [0.29, 0.717) is 26.4 Å². The number of ether oxygens (including phenoxy) is 1. The van der Waals surface area contributed by atoms with Crippen LogP contribution in [-0.2, 0) is 11.0 Å². The van der Waals surface area contributed by atoms with Crippen molar-refractivity contribution in [2.24, 2.45) is 0 Å². The molecule has 1 aromatic heterocycles. The number of pyridine rings is 1. The van der Waals surface area contributed by atoms with E-state index in [2.05, 4.69) is 53.8 Å². The second kappa shape index (κ2) is 11.0. The number of methoxy groups -OCH3 is 1. The van der Waals surface area contributed by atoms with E-state index in [9.17, 15) is 4.21 Å². The largest absolute Gasteiger partial charge is 0.480 e. The van der Waals surface area contributed by atoms with Gasteiger partial charge in [0.2, 0.25) is 5.88 Å². The van der Waals surface area contributed by atoms with Gasteiger partial charge in [0.1, 0.15) is 11.0 Å². The fourth-order valence-corrected chi connectivity index (χ4v) is 4.93. The molecule has 0 aliphatic carbocycles. The first-order valence-electron chi connectivity index (χ1n) is 8.42. The minimum absolute atomic E-state index is 0.0549. The lowest BCUT2D eigenvalue weighted by atomic mass is 10.1.